The van der Waals surface area contributed by atoms with Crippen LogP contribution in [0.4, 0.5) is 0 Å². The van der Waals surface area contributed by atoms with Crippen molar-refractivity contribution in [1.29, 1.82) is 0 Å². The number of ether oxygens (including phenoxy) is 1. The molecule has 0 fully saturated rings. The molecule has 3 atom stereocenters. The van der Waals surface area contributed by atoms with E-state index in [9.17, 15) is 9.90 Å². The number of rotatable bonds is 4. The highest BCUT2D eigenvalue weighted by atomic mass is 28.4. The van der Waals surface area contributed by atoms with Gasteiger partial charge in [0.05, 0.1) is 18.3 Å². The lowest BCUT2D eigenvalue weighted by Gasteiger charge is -2.36. The third-order valence-electron chi connectivity index (χ3n) is 7.08. The van der Waals surface area contributed by atoms with Crippen molar-refractivity contribution in [1.82, 2.24) is 0 Å². The minimum atomic E-state index is -1.92. The average Bonchev–Trinajstić information content (AvgIpc) is 3.20. The van der Waals surface area contributed by atoms with Crippen LogP contribution in [-0.2, 0) is 27.0 Å². The number of hydrogen-bond acceptors (Lipinski definition) is 5. The zero-order valence-corrected chi connectivity index (χ0v) is 21.6. The van der Waals surface area contributed by atoms with Gasteiger partial charge in [-0.1, -0.05) is 38.5 Å². The Bertz CT molecular complexity index is 944. The number of carbonyl (C=O) groups excluding carboxylic acids is 1. The van der Waals surface area contributed by atoms with Crippen LogP contribution in [0.2, 0.25) is 18.1 Å². The van der Waals surface area contributed by atoms with Crippen molar-refractivity contribution in [2.75, 3.05) is 0 Å². The van der Waals surface area contributed by atoms with E-state index >= 15 is 0 Å². The molecule has 0 amide bonds. The Labute approximate surface area is 193 Å². The summed E-state index contributed by atoms with van der Waals surface area (Å²) in [6.45, 7) is 19.8. The lowest BCUT2D eigenvalue weighted by molar-refractivity contribution is -0.140. The van der Waals surface area contributed by atoms with Crippen LogP contribution in [-0.4, -0.2) is 31.6 Å². The molecule has 5 nitrogen and oxygen atoms in total. The summed E-state index contributed by atoms with van der Waals surface area (Å²) in [4.78, 5) is 12.3. The SMILES string of the molecule is C=C(C)[C@H]1Cc2oc(cc2CO[Si](C)(C)C(C)(C)C)/C=C(\C)C[C@@H]2C=C(C(=O)O2)C(O)C1. The third kappa shape index (κ3) is 5.53. The highest BCUT2D eigenvalue weighted by Gasteiger charge is 2.38. The zero-order valence-electron chi connectivity index (χ0n) is 20.6. The van der Waals surface area contributed by atoms with Gasteiger partial charge >= 0.3 is 5.97 Å². The highest BCUT2D eigenvalue weighted by molar-refractivity contribution is 6.74. The van der Waals surface area contributed by atoms with Gasteiger partial charge in [-0.25, -0.2) is 4.79 Å². The maximum Gasteiger partial charge on any atom is 0.337 e. The summed E-state index contributed by atoms with van der Waals surface area (Å²) >= 11 is 0. The van der Waals surface area contributed by atoms with Gasteiger partial charge in [0.1, 0.15) is 17.6 Å². The molecule has 0 saturated heterocycles. The number of aliphatic hydroxyl groups excluding tert-OH is 1. The highest BCUT2D eigenvalue weighted by Crippen LogP contribution is 2.38. The van der Waals surface area contributed by atoms with Crippen molar-refractivity contribution in [3.63, 3.8) is 0 Å². The van der Waals surface area contributed by atoms with Crippen molar-refractivity contribution in [3.8, 4) is 0 Å². The van der Waals surface area contributed by atoms with Gasteiger partial charge in [-0.05, 0) is 62.5 Å². The number of allylic oxidation sites excluding steroid dienone is 1. The van der Waals surface area contributed by atoms with Crippen LogP contribution in [0.1, 0.15) is 64.5 Å². The number of carbonyl (C=O) groups is 1. The van der Waals surface area contributed by atoms with E-state index in [4.69, 9.17) is 13.6 Å². The molecule has 32 heavy (non-hydrogen) atoms. The Kier molecular flexibility index (Phi) is 7.08. The van der Waals surface area contributed by atoms with Gasteiger partial charge in [0.15, 0.2) is 8.32 Å². The van der Waals surface area contributed by atoms with Gasteiger partial charge in [0.2, 0.25) is 0 Å². The van der Waals surface area contributed by atoms with Crippen LogP contribution in [0.3, 0.4) is 0 Å². The molecule has 176 valence electrons. The first-order chi connectivity index (χ1) is 14.8. The zero-order chi connectivity index (χ0) is 23.8. The lowest BCUT2D eigenvalue weighted by atomic mass is 9.87. The summed E-state index contributed by atoms with van der Waals surface area (Å²) in [7, 11) is -1.92. The smallest absolute Gasteiger partial charge is 0.337 e. The molecule has 3 heterocycles. The van der Waals surface area contributed by atoms with E-state index < -0.39 is 20.4 Å². The van der Waals surface area contributed by atoms with Gasteiger partial charge in [-0.15, -0.1) is 0 Å². The van der Waals surface area contributed by atoms with Crippen LogP contribution in [0.5, 0.6) is 0 Å². The molecule has 0 aliphatic carbocycles. The second kappa shape index (κ2) is 9.16. The van der Waals surface area contributed by atoms with Gasteiger partial charge in [-0.2, -0.15) is 0 Å². The number of esters is 1. The molecule has 1 N–H and O–H groups in total. The summed E-state index contributed by atoms with van der Waals surface area (Å²) in [5.74, 6) is 1.19. The molecule has 1 aromatic heterocycles. The van der Waals surface area contributed by atoms with Crippen LogP contribution in [0.15, 0.2) is 39.9 Å². The third-order valence-corrected chi connectivity index (χ3v) is 11.6. The fourth-order valence-corrected chi connectivity index (χ4v) is 4.83. The van der Waals surface area contributed by atoms with Crippen molar-refractivity contribution in [2.24, 2.45) is 5.92 Å². The molecule has 0 spiro atoms. The Morgan fingerprint density at radius 2 is 2.00 bits per heavy atom. The number of hydrogen-bond donors (Lipinski definition) is 1. The molecule has 3 rings (SSSR count). The molecule has 0 aromatic carbocycles. The van der Waals surface area contributed by atoms with E-state index in [1.54, 1.807) is 6.08 Å². The summed E-state index contributed by atoms with van der Waals surface area (Å²) in [5.41, 5.74) is 3.39. The molecule has 0 saturated carbocycles. The molecule has 4 bridgehead atoms. The van der Waals surface area contributed by atoms with Crippen molar-refractivity contribution < 1.29 is 23.5 Å². The lowest BCUT2D eigenvalue weighted by Crippen LogP contribution is -2.40. The first kappa shape index (κ1) is 24.7. The second-order valence-electron chi connectivity index (χ2n) is 10.9. The minimum absolute atomic E-state index is 0.0331. The topological polar surface area (TPSA) is 68.9 Å². The standard InChI is InChI=1S/C26H38O5Si/c1-16(2)18-12-23(27)22-14-21(31-25(22)28)10-17(3)9-20-11-19(24(13-18)30-20)15-29-32(7,8)26(4,5)6/h9,11,14,18,21,23,27H,1,10,12-13,15H2,2-8H3/b17-9+/t18-,21-,23?/m1/s1. The van der Waals surface area contributed by atoms with Crippen LogP contribution in [0.25, 0.3) is 6.08 Å². The van der Waals surface area contributed by atoms with Crippen molar-refractivity contribution in [2.45, 2.75) is 90.8 Å². The van der Waals surface area contributed by atoms with Crippen LogP contribution in [0, 0.1) is 5.92 Å². The number of aliphatic hydroxyl groups is 1. The normalized spacial score (nSPS) is 26.2. The Morgan fingerprint density at radius 1 is 1.31 bits per heavy atom. The van der Waals surface area contributed by atoms with E-state index in [2.05, 4.69) is 46.5 Å². The molecular formula is C26H38O5Si. The summed E-state index contributed by atoms with van der Waals surface area (Å²) in [6, 6.07) is 2.06. The number of fused-ring (bicyclic) bond motifs is 3. The molecule has 2 aliphatic heterocycles. The first-order valence-electron chi connectivity index (χ1n) is 11.5. The van der Waals surface area contributed by atoms with E-state index in [1.165, 1.54) is 0 Å². The van der Waals surface area contributed by atoms with Crippen molar-refractivity contribution >= 4 is 20.4 Å². The van der Waals surface area contributed by atoms with E-state index in [-0.39, 0.29) is 17.1 Å². The maximum absolute atomic E-state index is 12.3. The molecule has 0 radical (unpaired) electrons. The summed E-state index contributed by atoms with van der Waals surface area (Å²) in [6.07, 6.45) is 4.09. The van der Waals surface area contributed by atoms with E-state index in [1.807, 2.05) is 19.9 Å². The Morgan fingerprint density at radius 3 is 2.62 bits per heavy atom. The second-order valence-corrected chi connectivity index (χ2v) is 15.7. The fraction of sp³-hybridized carbons (Fsp3) is 0.577. The van der Waals surface area contributed by atoms with Gasteiger partial charge in [-0.3, -0.25) is 0 Å². The van der Waals surface area contributed by atoms with Crippen molar-refractivity contribution in [3.05, 3.63) is 52.5 Å². The minimum Gasteiger partial charge on any atom is -0.461 e. The first-order valence-corrected chi connectivity index (χ1v) is 14.4. The largest absolute Gasteiger partial charge is 0.461 e. The molecule has 6 heteroatoms. The quantitative estimate of drug-likeness (QED) is 0.343. The monoisotopic (exact) mass is 458 g/mol. The molecule has 1 aromatic rings. The van der Waals surface area contributed by atoms with E-state index in [0.717, 1.165) is 28.2 Å². The predicted octanol–water partition coefficient (Wildman–Crippen LogP) is 5.95. The van der Waals surface area contributed by atoms with Gasteiger partial charge < -0.3 is 18.7 Å². The van der Waals surface area contributed by atoms with Crippen LogP contribution < -0.4 is 0 Å². The molecular weight excluding hydrogens is 420 g/mol. The Hall–Kier alpha value is -1.89. The molecule has 1 unspecified atom stereocenters. The van der Waals surface area contributed by atoms with Crippen LogP contribution >= 0.6 is 0 Å². The van der Waals surface area contributed by atoms with E-state index in [0.29, 0.717) is 31.4 Å². The molecule has 2 aliphatic rings. The fourth-order valence-electron chi connectivity index (χ4n) is 3.88. The van der Waals surface area contributed by atoms with Gasteiger partial charge in [0, 0.05) is 18.4 Å². The Balaban J connectivity index is 1.95. The maximum atomic E-state index is 12.3. The van der Waals surface area contributed by atoms with Gasteiger partial charge in [0.25, 0.3) is 0 Å². The number of furan rings is 1. The average molecular weight is 459 g/mol. The predicted molar refractivity (Wildman–Crippen MR) is 130 cm³/mol. The summed E-state index contributed by atoms with van der Waals surface area (Å²) < 4.78 is 18.2. The summed E-state index contributed by atoms with van der Waals surface area (Å²) in [5, 5.41) is 10.9.